The van der Waals surface area contributed by atoms with Crippen LogP contribution in [0.1, 0.15) is 43.7 Å². The van der Waals surface area contributed by atoms with Gasteiger partial charge in [0.15, 0.2) is 0 Å². The second kappa shape index (κ2) is 9.98. The highest BCUT2D eigenvalue weighted by Gasteiger charge is 2.31. The smallest absolute Gasteiger partial charge is 0.245 e. The molecule has 1 saturated heterocycles. The van der Waals surface area contributed by atoms with E-state index in [1.54, 1.807) is 24.3 Å². The van der Waals surface area contributed by atoms with Gasteiger partial charge in [-0.2, -0.15) is 0 Å². The molecule has 2 N–H and O–H groups in total. The molecule has 0 aromatic heterocycles. The van der Waals surface area contributed by atoms with E-state index in [0.717, 1.165) is 17.9 Å². The van der Waals surface area contributed by atoms with Crippen molar-refractivity contribution in [1.29, 1.82) is 0 Å². The number of piperidine rings is 1. The summed E-state index contributed by atoms with van der Waals surface area (Å²) in [4.78, 5) is 27.5. The second-order valence-electron chi connectivity index (χ2n) is 8.29. The molecular weight excluding hydrogens is 400 g/mol. The molecule has 1 aliphatic rings. The molecule has 2 aromatic carbocycles. The number of amides is 2. The number of rotatable bonds is 6. The van der Waals surface area contributed by atoms with Crippen molar-refractivity contribution >= 4 is 23.4 Å². The van der Waals surface area contributed by atoms with E-state index in [4.69, 9.17) is 11.6 Å². The average Bonchev–Trinajstić information content (AvgIpc) is 2.72. The van der Waals surface area contributed by atoms with Crippen LogP contribution in [-0.2, 0) is 16.0 Å². The number of phenolic OH excluding ortho intramolecular Hbond substituents is 1. The minimum absolute atomic E-state index is 0.0142. The van der Waals surface area contributed by atoms with E-state index < -0.39 is 6.04 Å². The maximum Gasteiger partial charge on any atom is 0.245 e. The van der Waals surface area contributed by atoms with Crippen molar-refractivity contribution in [2.75, 3.05) is 13.1 Å². The first-order valence-electron chi connectivity index (χ1n) is 10.4. The molecule has 1 aliphatic heterocycles. The van der Waals surface area contributed by atoms with Crippen LogP contribution in [0.3, 0.4) is 0 Å². The van der Waals surface area contributed by atoms with Crippen LogP contribution in [-0.4, -0.2) is 41.0 Å². The third-order valence-electron chi connectivity index (χ3n) is 5.67. The minimum Gasteiger partial charge on any atom is -0.508 e. The summed E-state index contributed by atoms with van der Waals surface area (Å²) in [5.74, 6) is 0.289. The molecule has 1 atom stereocenters. The summed E-state index contributed by atoms with van der Waals surface area (Å²) in [5, 5.41) is 13.2. The second-order valence-corrected chi connectivity index (χ2v) is 8.72. The number of halogens is 1. The molecule has 0 radical (unpaired) electrons. The molecule has 0 bridgehead atoms. The lowest BCUT2D eigenvalue weighted by atomic mass is 9.89. The summed E-state index contributed by atoms with van der Waals surface area (Å²) >= 11 is 5.98. The number of benzene rings is 2. The Morgan fingerprint density at radius 2 is 1.80 bits per heavy atom. The van der Waals surface area contributed by atoms with Gasteiger partial charge in [0.1, 0.15) is 11.8 Å². The quantitative estimate of drug-likeness (QED) is 0.726. The van der Waals surface area contributed by atoms with Crippen LogP contribution < -0.4 is 5.32 Å². The van der Waals surface area contributed by atoms with Gasteiger partial charge in [0.05, 0.1) is 6.42 Å². The average molecular weight is 429 g/mol. The molecule has 0 unspecified atom stereocenters. The van der Waals surface area contributed by atoms with E-state index in [-0.39, 0.29) is 29.9 Å². The summed E-state index contributed by atoms with van der Waals surface area (Å²) in [7, 11) is 0. The molecule has 2 amide bonds. The zero-order valence-electron chi connectivity index (χ0n) is 17.5. The lowest BCUT2D eigenvalue weighted by Gasteiger charge is -2.35. The van der Waals surface area contributed by atoms with Crippen LogP contribution in [0.25, 0.3) is 0 Å². The van der Waals surface area contributed by atoms with E-state index in [2.05, 4.69) is 17.4 Å². The number of hydrogen-bond donors (Lipinski definition) is 2. The van der Waals surface area contributed by atoms with Crippen LogP contribution in [0.5, 0.6) is 5.75 Å². The predicted octanol–water partition coefficient (Wildman–Crippen LogP) is 4.14. The Bertz CT molecular complexity index is 874. The highest BCUT2D eigenvalue weighted by atomic mass is 35.5. The molecule has 1 fully saturated rings. The Kier molecular flexibility index (Phi) is 7.38. The number of nitrogens with zero attached hydrogens (tertiary/aromatic N) is 1. The Hall–Kier alpha value is -2.53. The maximum absolute atomic E-state index is 13.1. The van der Waals surface area contributed by atoms with Gasteiger partial charge >= 0.3 is 0 Å². The van der Waals surface area contributed by atoms with Gasteiger partial charge in [0.25, 0.3) is 0 Å². The minimum atomic E-state index is -0.554. The fraction of sp³-hybridized carbons (Fsp3) is 0.417. The van der Waals surface area contributed by atoms with E-state index in [1.807, 2.05) is 30.9 Å². The number of aromatic hydroxyl groups is 1. The molecule has 1 heterocycles. The zero-order valence-corrected chi connectivity index (χ0v) is 18.2. The Morgan fingerprint density at radius 1 is 1.13 bits per heavy atom. The topological polar surface area (TPSA) is 69.6 Å². The van der Waals surface area contributed by atoms with Crippen LogP contribution in [0.15, 0.2) is 48.5 Å². The Labute approximate surface area is 183 Å². The summed E-state index contributed by atoms with van der Waals surface area (Å²) in [6.45, 7) is 5.24. The number of likely N-dealkylation sites (tertiary alicyclic amines) is 1. The molecule has 3 rings (SSSR count). The van der Waals surface area contributed by atoms with Crippen molar-refractivity contribution in [2.45, 2.75) is 45.1 Å². The molecule has 30 heavy (non-hydrogen) atoms. The molecule has 5 nitrogen and oxygen atoms in total. The zero-order chi connectivity index (χ0) is 21.7. The fourth-order valence-corrected chi connectivity index (χ4v) is 4.08. The number of carbonyl (C=O) groups is 2. The van der Waals surface area contributed by atoms with Crippen molar-refractivity contribution in [3.05, 3.63) is 64.7 Å². The fourth-order valence-electron chi connectivity index (χ4n) is 3.95. The van der Waals surface area contributed by atoms with Gasteiger partial charge in [-0.1, -0.05) is 49.7 Å². The van der Waals surface area contributed by atoms with Gasteiger partial charge < -0.3 is 15.3 Å². The molecule has 6 heteroatoms. The van der Waals surface area contributed by atoms with E-state index in [9.17, 15) is 14.7 Å². The van der Waals surface area contributed by atoms with Crippen LogP contribution in [0.2, 0.25) is 5.02 Å². The Morgan fingerprint density at radius 3 is 2.40 bits per heavy atom. The van der Waals surface area contributed by atoms with Gasteiger partial charge in [-0.05, 0) is 60.1 Å². The number of hydrogen-bond acceptors (Lipinski definition) is 3. The molecular formula is C24H29ClN2O3. The van der Waals surface area contributed by atoms with Gasteiger partial charge in [0, 0.05) is 18.1 Å². The van der Waals surface area contributed by atoms with Gasteiger partial charge in [-0.15, -0.1) is 0 Å². The lowest BCUT2D eigenvalue weighted by molar-refractivity contribution is -0.138. The Balaban J connectivity index is 1.57. The van der Waals surface area contributed by atoms with Crippen LogP contribution >= 0.6 is 11.6 Å². The van der Waals surface area contributed by atoms with Crippen molar-refractivity contribution in [1.82, 2.24) is 10.2 Å². The summed E-state index contributed by atoms with van der Waals surface area (Å²) in [5.41, 5.74) is 1.97. The van der Waals surface area contributed by atoms with Gasteiger partial charge in [-0.3, -0.25) is 9.59 Å². The van der Waals surface area contributed by atoms with E-state index in [1.165, 1.54) is 5.56 Å². The third kappa shape index (κ3) is 5.76. The van der Waals surface area contributed by atoms with Crippen molar-refractivity contribution < 1.29 is 14.7 Å². The summed E-state index contributed by atoms with van der Waals surface area (Å²) in [6.07, 6.45) is 1.92. The number of nitrogens with one attached hydrogen (secondary N) is 1. The predicted molar refractivity (Wildman–Crippen MR) is 119 cm³/mol. The van der Waals surface area contributed by atoms with E-state index in [0.29, 0.717) is 24.6 Å². The molecule has 2 aromatic rings. The summed E-state index contributed by atoms with van der Waals surface area (Å²) < 4.78 is 0. The van der Waals surface area contributed by atoms with Crippen molar-refractivity contribution in [3.8, 4) is 5.75 Å². The first-order valence-corrected chi connectivity index (χ1v) is 10.8. The summed E-state index contributed by atoms with van der Waals surface area (Å²) in [6, 6.07) is 14.0. The highest BCUT2D eigenvalue weighted by molar-refractivity contribution is 6.30. The van der Waals surface area contributed by atoms with E-state index >= 15 is 0 Å². The normalized spacial score (nSPS) is 15.8. The first kappa shape index (κ1) is 22.2. The molecule has 0 spiro atoms. The number of phenols is 1. The van der Waals surface area contributed by atoms with Crippen LogP contribution in [0.4, 0.5) is 0 Å². The molecule has 0 aliphatic carbocycles. The largest absolute Gasteiger partial charge is 0.508 e. The van der Waals surface area contributed by atoms with Gasteiger partial charge in [-0.25, -0.2) is 0 Å². The number of carbonyl (C=O) groups excluding carboxylic acids is 2. The molecule has 160 valence electrons. The standard InChI is InChI=1S/C24H29ClN2O3/c1-16(2)23(26-22(29)15-17-4-3-5-21(28)14-17)24(30)27-12-10-19(11-13-27)18-6-8-20(25)9-7-18/h3-9,14,16,19,23,28H,10-13,15H2,1-2H3,(H,26,29)/t23-/m1/s1. The molecule has 0 saturated carbocycles. The van der Waals surface area contributed by atoms with Crippen molar-refractivity contribution in [2.24, 2.45) is 5.92 Å². The van der Waals surface area contributed by atoms with Crippen molar-refractivity contribution in [3.63, 3.8) is 0 Å². The van der Waals surface area contributed by atoms with Gasteiger partial charge in [0.2, 0.25) is 11.8 Å². The maximum atomic E-state index is 13.1. The monoisotopic (exact) mass is 428 g/mol. The van der Waals surface area contributed by atoms with Crippen LogP contribution in [0, 0.1) is 5.92 Å². The SMILES string of the molecule is CC(C)[C@@H](NC(=O)Cc1cccc(O)c1)C(=O)N1CCC(c2ccc(Cl)cc2)CC1. The first-order chi connectivity index (χ1) is 14.3. The third-order valence-corrected chi connectivity index (χ3v) is 5.92. The lowest BCUT2D eigenvalue weighted by Crippen LogP contribution is -2.53. The highest BCUT2D eigenvalue weighted by Crippen LogP contribution is 2.29.